The van der Waals surface area contributed by atoms with Crippen LogP contribution >= 0.6 is 0 Å². The molecule has 3 N–H and O–H groups in total. The number of fused-ring (bicyclic) bond motifs is 1. The highest BCUT2D eigenvalue weighted by atomic mass is 16.5. The van der Waals surface area contributed by atoms with E-state index in [9.17, 15) is 0 Å². The van der Waals surface area contributed by atoms with E-state index in [-0.39, 0.29) is 5.84 Å². The maximum atomic E-state index is 8.93. The van der Waals surface area contributed by atoms with Gasteiger partial charge in [0.15, 0.2) is 5.84 Å². The van der Waals surface area contributed by atoms with E-state index in [0.717, 1.165) is 23.2 Å². The molecule has 1 heterocycles. The first-order chi connectivity index (χ1) is 10.3. The van der Waals surface area contributed by atoms with E-state index in [1.165, 1.54) is 19.3 Å². The third-order valence-corrected chi connectivity index (χ3v) is 4.08. The van der Waals surface area contributed by atoms with E-state index >= 15 is 0 Å². The van der Waals surface area contributed by atoms with Crippen molar-refractivity contribution in [1.29, 1.82) is 0 Å². The van der Waals surface area contributed by atoms with E-state index in [0.29, 0.717) is 18.1 Å². The number of benzene rings is 1. The molecule has 2 aromatic rings. The van der Waals surface area contributed by atoms with Gasteiger partial charge in [0.25, 0.3) is 0 Å². The van der Waals surface area contributed by atoms with Crippen LogP contribution in [0.15, 0.2) is 35.5 Å². The Kier molecular flexibility index (Phi) is 3.90. The minimum absolute atomic E-state index is 0.0671. The molecule has 21 heavy (non-hydrogen) atoms. The number of nitrogens with zero attached hydrogens (tertiary/aromatic N) is 2. The van der Waals surface area contributed by atoms with Gasteiger partial charge in [-0.05, 0) is 18.4 Å². The summed E-state index contributed by atoms with van der Waals surface area (Å²) in [6.45, 7) is 0.658. The van der Waals surface area contributed by atoms with Gasteiger partial charge in [-0.3, -0.25) is 0 Å². The van der Waals surface area contributed by atoms with Crippen LogP contribution in [-0.4, -0.2) is 22.6 Å². The van der Waals surface area contributed by atoms with Crippen LogP contribution in [0.1, 0.15) is 31.2 Å². The number of hydrogen-bond acceptors (Lipinski definition) is 4. The van der Waals surface area contributed by atoms with E-state index in [1.54, 1.807) is 6.07 Å². The third-order valence-electron chi connectivity index (χ3n) is 4.08. The third kappa shape index (κ3) is 2.91. The summed E-state index contributed by atoms with van der Waals surface area (Å²) in [5.74, 6) is 1.39. The molecule has 0 amide bonds. The molecule has 0 aliphatic heterocycles. The van der Waals surface area contributed by atoms with Gasteiger partial charge >= 0.3 is 0 Å². The lowest BCUT2D eigenvalue weighted by Crippen LogP contribution is -2.16. The lowest BCUT2D eigenvalue weighted by atomic mass is 9.83. The molecule has 1 aliphatic carbocycles. The predicted octanol–water partition coefficient (Wildman–Crippen LogP) is 2.90. The van der Waals surface area contributed by atoms with Gasteiger partial charge in [0.05, 0.1) is 12.1 Å². The smallest absolute Gasteiger partial charge is 0.214 e. The molecule has 0 unspecified atom stereocenters. The molecule has 0 atom stereocenters. The Labute approximate surface area is 123 Å². The Morgan fingerprint density at radius 1 is 1.38 bits per heavy atom. The minimum atomic E-state index is 0.0671. The summed E-state index contributed by atoms with van der Waals surface area (Å²) >= 11 is 0. The number of oxime groups is 1. The second-order valence-corrected chi connectivity index (χ2v) is 5.44. The first kappa shape index (κ1) is 13.7. The highest BCUT2D eigenvalue weighted by Gasteiger charge is 2.17. The lowest BCUT2D eigenvalue weighted by Gasteiger charge is -2.24. The molecular formula is C16H19N3O2. The summed E-state index contributed by atoms with van der Waals surface area (Å²) in [5, 5.41) is 12.9. The zero-order valence-electron chi connectivity index (χ0n) is 11.8. The summed E-state index contributed by atoms with van der Waals surface area (Å²) in [6.07, 6.45) is 5.02. The van der Waals surface area contributed by atoms with Crippen molar-refractivity contribution in [1.82, 2.24) is 4.98 Å². The van der Waals surface area contributed by atoms with Gasteiger partial charge in [-0.25, -0.2) is 4.98 Å². The summed E-state index contributed by atoms with van der Waals surface area (Å²) < 4.78 is 5.75. The quantitative estimate of drug-likeness (QED) is 0.383. The second-order valence-electron chi connectivity index (χ2n) is 5.44. The fourth-order valence-electron chi connectivity index (χ4n) is 2.60. The fraction of sp³-hybridized carbons (Fsp3) is 0.375. The summed E-state index contributed by atoms with van der Waals surface area (Å²) in [7, 11) is 0. The van der Waals surface area contributed by atoms with Gasteiger partial charge in [0.2, 0.25) is 5.88 Å². The Morgan fingerprint density at radius 2 is 2.19 bits per heavy atom. The van der Waals surface area contributed by atoms with Gasteiger partial charge < -0.3 is 15.7 Å². The van der Waals surface area contributed by atoms with Gasteiger partial charge in [-0.15, -0.1) is 0 Å². The predicted molar refractivity (Wildman–Crippen MR) is 81.7 cm³/mol. The van der Waals surface area contributed by atoms with Crippen LogP contribution in [0.3, 0.4) is 0 Å². The molecule has 1 fully saturated rings. The Balaban J connectivity index is 1.84. The minimum Gasteiger partial charge on any atom is -0.478 e. The molecule has 1 saturated carbocycles. The van der Waals surface area contributed by atoms with E-state index in [4.69, 9.17) is 15.7 Å². The monoisotopic (exact) mass is 285 g/mol. The molecule has 5 heteroatoms. The summed E-state index contributed by atoms with van der Waals surface area (Å²) in [6, 6.07) is 9.33. The molecule has 5 nitrogen and oxygen atoms in total. The normalized spacial score (nSPS) is 15.9. The zero-order chi connectivity index (χ0) is 14.7. The van der Waals surface area contributed by atoms with Gasteiger partial charge in [-0.1, -0.05) is 42.6 Å². The van der Waals surface area contributed by atoms with Crippen molar-refractivity contribution in [2.45, 2.75) is 25.7 Å². The molecule has 3 rings (SSSR count). The molecule has 0 saturated heterocycles. The number of pyridine rings is 1. The molecular weight excluding hydrogens is 266 g/mol. The zero-order valence-corrected chi connectivity index (χ0v) is 11.8. The number of nitrogens with two attached hydrogens (primary N) is 1. The van der Waals surface area contributed by atoms with Gasteiger partial charge in [0.1, 0.15) is 0 Å². The van der Waals surface area contributed by atoms with Crippen molar-refractivity contribution in [3.05, 3.63) is 35.9 Å². The van der Waals surface area contributed by atoms with Crippen LogP contribution in [0.2, 0.25) is 0 Å². The summed E-state index contributed by atoms with van der Waals surface area (Å²) in [5.41, 5.74) is 7.17. The van der Waals surface area contributed by atoms with E-state index < -0.39 is 0 Å². The number of para-hydroxylation sites is 1. The first-order valence-corrected chi connectivity index (χ1v) is 7.28. The first-order valence-electron chi connectivity index (χ1n) is 7.28. The highest BCUT2D eigenvalue weighted by Crippen LogP contribution is 2.29. The number of ether oxygens (including phenoxy) is 1. The highest BCUT2D eigenvalue weighted by molar-refractivity contribution is 6.08. The average Bonchev–Trinajstić information content (AvgIpc) is 2.48. The topological polar surface area (TPSA) is 80.7 Å². The number of aromatic nitrogens is 1. The number of amidine groups is 1. The largest absolute Gasteiger partial charge is 0.478 e. The number of hydrogen-bond donors (Lipinski definition) is 2. The lowest BCUT2D eigenvalue weighted by molar-refractivity contribution is 0.217. The molecule has 1 aliphatic rings. The standard InChI is InChI=1S/C16H19N3O2/c17-16(19-20)13-10-15(21-9-8-11-4-3-5-11)18-14-7-2-1-6-12(13)14/h1-2,6-7,10-11,20H,3-5,8-9H2,(H2,17,19). The van der Waals surface area contributed by atoms with Crippen LogP contribution in [0.4, 0.5) is 0 Å². The van der Waals surface area contributed by atoms with Crippen molar-refractivity contribution < 1.29 is 9.94 Å². The molecule has 0 bridgehead atoms. The van der Waals surface area contributed by atoms with Crippen LogP contribution in [0.25, 0.3) is 10.9 Å². The van der Waals surface area contributed by atoms with Crippen LogP contribution in [0.5, 0.6) is 5.88 Å². The molecule has 1 aromatic heterocycles. The van der Waals surface area contributed by atoms with Crippen molar-refractivity contribution in [2.75, 3.05) is 6.61 Å². The van der Waals surface area contributed by atoms with Crippen molar-refractivity contribution in [3.63, 3.8) is 0 Å². The van der Waals surface area contributed by atoms with Crippen molar-refractivity contribution in [2.24, 2.45) is 16.8 Å². The fourth-order valence-corrected chi connectivity index (χ4v) is 2.60. The Hall–Kier alpha value is -2.30. The SMILES string of the molecule is N/C(=N/O)c1cc(OCCC2CCC2)nc2ccccc12. The summed E-state index contributed by atoms with van der Waals surface area (Å²) in [4.78, 5) is 4.48. The molecule has 1 aromatic carbocycles. The van der Waals surface area contributed by atoms with Crippen LogP contribution in [0, 0.1) is 5.92 Å². The maximum absolute atomic E-state index is 8.93. The van der Waals surface area contributed by atoms with Crippen LogP contribution in [-0.2, 0) is 0 Å². The molecule has 0 spiro atoms. The molecule has 0 radical (unpaired) electrons. The molecule has 110 valence electrons. The van der Waals surface area contributed by atoms with E-state index in [2.05, 4.69) is 10.1 Å². The Bertz CT molecular complexity index is 666. The van der Waals surface area contributed by atoms with Crippen LogP contribution < -0.4 is 10.5 Å². The van der Waals surface area contributed by atoms with Gasteiger partial charge in [-0.2, -0.15) is 0 Å². The van der Waals surface area contributed by atoms with Gasteiger partial charge in [0, 0.05) is 17.0 Å². The number of rotatable bonds is 5. The van der Waals surface area contributed by atoms with Crippen molar-refractivity contribution in [3.8, 4) is 5.88 Å². The average molecular weight is 285 g/mol. The van der Waals surface area contributed by atoms with Crippen molar-refractivity contribution >= 4 is 16.7 Å². The maximum Gasteiger partial charge on any atom is 0.214 e. The Morgan fingerprint density at radius 3 is 2.90 bits per heavy atom. The second kappa shape index (κ2) is 5.99. The van der Waals surface area contributed by atoms with E-state index in [1.807, 2.05) is 24.3 Å².